The summed E-state index contributed by atoms with van der Waals surface area (Å²) in [6.07, 6.45) is 8.96. The van der Waals surface area contributed by atoms with Gasteiger partial charge in [-0.15, -0.1) is 0 Å². The number of nitrogens with zero attached hydrogens (tertiary/aromatic N) is 4. The second-order valence-electron chi connectivity index (χ2n) is 7.29. The van der Waals surface area contributed by atoms with Gasteiger partial charge in [0, 0.05) is 36.2 Å². The van der Waals surface area contributed by atoms with Crippen molar-refractivity contribution in [1.29, 1.82) is 0 Å². The normalized spacial score (nSPS) is 16.5. The molecule has 3 heterocycles. The van der Waals surface area contributed by atoms with Crippen molar-refractivity contribution in [2.45, 2.75) is 65.3 Å². The van der Waals surface area contributed by atoms with Crippen molar-refractivity contribution in [3.8, 4) is 0 Å². The van der Waals surface area contributed by atoms with E-state index in [9.17, 15) is 4.79 Å². The number of aryl methyl sites for hydroxylation is 2. The Morgan fingerprint density at radius 3 is 2.59 bits per heavy atom. The number of aromatic amines is 1. The third kappa shape index (κ3) is 4.84. The van der Waals surface area contributed by atoms with Crippen LogP contribution in [0.1, 0.15) is 79.4 Å². The van der Waals surface area contributed by atoms with E-state index in [0.29, 0.717) is 5.69 Å². The standard InChI is InChI=1S/C20H30N6O/c1-4-16-12-18(25-24-16)19(27)22-14(2)17-13-21-20(23-15(17)3)26-10-8-6-5-7-9-11-26/h12-14H,4-11H2,1-3H3,(H,22,27)(H,24,25). The van der Waals surface area contributed by atoms with Crippen LogP contribution in [0.25, 0.3) is 0 Å². The Morgan fingerprint density at radius 1 is 1.26 bits per heavy atom. The van der Waals surface area contributed by atoms with Gasteiger partial charge in [0.15, 0.2) is 0 Å². The molecule has 1 aliphatic rings. The number of carbonyl (C=O) groups is 1. The Balaban J connectivity index is 1.67. The fraction of sp³-hybridized carbons (Fsp3) is 0.600. The molecule has 0 aromatic carbocycles. The molecular weight excluding hydrogens is 340 g/mol. The van der Waals surface area contributed by atoms with Crippen molar-refractivity contribution < 1.29 is 4.79 Å². The van der Waals surface area contributed by atoms with Crippen molar-refractivity contribution in [3.05, 3.63) is 34.9 Å². The summed E-state index contributed by atoms with van der Waals surface area (Å²) in [6, 6.07) is 1.61. The number of carbonyl (C=O) groups excluding carboxylic acids is 1. The third-order valence-electron chi connectivity index (χ3n) is 5.20. The monoisotopic (exact) mass is 370 g/mol. The lowest BCUT2D eigenvalue weighted by Crippen LogP contribution is -2.30. The minimum Gasteiger partial charge on any atom is -0.344 e. The highest BCUT2D eigenvalue weighted by molar-refractivity contribution is 5.92. The van der Waals surface area contributed by atoms with E-state index in [2.05, 4.69) is 25.4 Å². The molecule has 1 saturated heterocycles. The van der Waals surface area contributed by atoms with E-state index in [1.165, 1.54) is 32.1 Å². The first kappa shape index (κ1) is 19.3. The van der Waals surface area contributed by atoms with Crippen molar-refractivity contribution in [1.82, 2.24) is 25.5 Å². The molecule has 2 N–H and O–H groups in total. The molecule has 2 aromatic rings. The summed E-state index contributed by atoms with van der Waals surface area (Å²) >= 11 is 0. The Bertz CT molecular complexity index is 764. The van der Waals surface area contributed by atoms with Crippen LogP contribution in [0.2, 0.25) is 0 Å². The van der Waals surface area contributed by atoms with E-state index in [-0.39, 0.29) is 11.9 Å². The molecule has 1 aliphatic heterocycles. The number of rotatable bonds is 5. The molecule has 2 aromatic heterocycles. The summed E-state index contributed by atoms with van der Waals surface area (Å²) in [4.78, 5) is 24.0. The zero-order valence-corrected chi connectivity index (χ0v) is 16.6. The van der Waals surface area contributed by atoms with Gasteiger partial charge in [-0.1, -0.05) is 26.2 Å². The summed E-state index contributed by atoms with van der Waals surface area (Å²) in [5.74, 6) is 0.613. The van der Waals surface area contributed by atoms with Crippen LogP contribution < -0.4 is 10.2 Å². The van der Waals surface area contributed by atoms with Crippen molar-refractivity contribution in [2.24, 2.45) is 0 Å². The lowest BCUT2D eigenvalue weighted by molar-refractivity contribution is 0.0934. The van der Waals surface area contributed by atoms with Gasteiger partial charge >= 0.3 is 0 Å². The summed E-state index contributed by atoms with van der Waals surface area (Å²) in [6.45, 7) is 7.99. The molecule has 146 valence electrons. The largest absolute Gasteiger partial charge is 0.344 e. The van der Waals surface area contributed by atoms with E-state index < -0.39 is 0 Å². The van der Waals surface area contributed by atoms with Crippen LogP contribution in [-0.4, -0.2) is 39.2 Å². The SMILES string of the molecule is CCc1cc(C(=O)NC(C)c2cnc(N3CCCCCCC3)nc2C)n[nH]1. The lowest BCUT2D eigenvalue weighted by Gasteiger charge is -2.25. The van der Waals surface area contributed by atoms with Crippen LogP contribution in [0.5, 0.6) is 0 Å². The highest BCUT2D eigenvalue weighted by atomic mass is 16.2. The second-order valence-corrected chi connectivity index (χ2v) is 7.29. The van der Waals surface area contributed by atoms with Gasteiger partial charge in [0.25, 0.3) is 5.91 Å². The summed E-state index contributed by atoms with van der Waals surface area (Å²) in [5, 5.41) is 9.94. The zero-order valence-electron chi connectivity index (χ0n) is 16.6. The molecule has 1 atom stereocenters. The van der Waals surface area contributed by atoms with E-state index in [4.69, 9.17) is 4.98 Å². The quantitative estimate of drug-likeness (QED) is 0.843. The predicted molar refractivity (Wildman–Crippen MR) is 106 cm³/mol. The van der Waals surface area contributed by atoms with Crippen LogP contribution >= 0.6 is 0 Å². The van der Waals surface area contributed by atoms with Crippen molar-refractivity contribution >= 4 is 11.9 Å². The van der Waals surface area contributed by atoms with E-state index >= 15 is 0 Å². The Hall–Kier alpha value is -2.44. The molecule has 3 rings (SSSR count). The number of hydrogen-bond acceptors (Lipinski definition) is 5. The Morgan fingerprint density at radius 2 is 1.96 bits per heavy atom. The van der Waals surface area contributed by atoms with Gasteiger partial charge in [0.1, 0.15) is 5.69 Å². The molecule has 1 amide bonds. The van der Waals surface area contributed by atoms with Gasteiger partial charge in [-0.25, -0.2) is 9.97 Å². The predicted octanol–water partition coefficient (Wildman–Crippen LogP) is 3.33. The maximum absolute atomic E-state index is 12.4. The van der Waals surface area contributed by atoms with Crippen molar-refractivity contribution in [3.63, 3.8) is 0 Å². The van der Waals surface area contributed by atoms with Gasteiger partial charge in [0.05, 0.1) is 6.04 Å². The van der Waals surface area contributed by atoms with Gasteiger partial charge in [-0.2, -0.15) is 5.10 Å². The van der Waals surface area contributed by atoms with Gasteiger partial charge in [-0.3, -0.25) is 9.89 Å². The summed E-state index contributed by atoms with van der Waals surface area (Å²) in [7, 11) is 0. The van der Waals surface area contributed by atoms with E-state index in [1.54, 1.807) is 6.07 Å². The highest BCUT2D eigenvalue weighted by Gasteiger charge is 2.18. The maximum Gasteiger partial charge on any atom is 0.272 e. The van der Waals surface area contributed by atoms with Crippen LogP contribution in [0.3, 0.4) is 0 Å². The molecule has 1 unspecified atom stereocenters. The molecule has 27 heavy (non-hydrogen) atoms. The molecule has 0 saturated carbocycles. The van der Waals surface area contributed by atoms with Crippen molar-refractivity contribution in [2.75, 3.05) is 18.0 Å². The second kappa shape index (κ2) is 8.97. The number of nitrogens with one attached hydrogen (secondary N) is 2. The van der Waals surface area contributed by atoms with Gasteiger partial charge < -0.3 is 10.2 Å². The van der Waals surface area contributed by atoms with Crippen LogP contribution in [0.4, 0.5) is 5.95 Å². The first-order valence-electron chi connectivity index (χ1n) is 10.0. The number of hydrogen-bond donors (Lipinski definition) is 2. The van der Waals surface area contributed by atoms with Crippen LogP contribution in [0.15, 0.2) is 12.3 Å². The summed E-state index contributed by atoms with van der Waals surface area (Å²) < 4.78 is 0. The van der Waals surface area contributed by atoms with Crippen LogP contribution in [0, 0.1) is 6.92 Å². The molecule has 7 nitrogen and oxygen atoms in total. The Kier molecular flexibility index (Phi) is 6.42. The molecule has 0 bridgehead atoms. The maximum atomic E-state index is 12.4. The molecule has 0 radical (unpaired) electrons. The number of amides is 1. The minimum absolute atomic E-state index is 0.180. The smallest absolute Gasteiger partial charge is 0.272 e. The zero-order chi connectivity index (χ0) is 19.2. The molecule has 0 spiro atoms. The van der Waals surface area contributed by atoms with Gasteiger partial charge in [-0.05, 0) is 39.2 Å². The number of H-pyrrole nitrogens is 1. The summed E-state index contributed by atoms with van der Waals surface area (Å²) in [5.41, 5.74) is 3.20. The number of anilines is 1. The highest BCUT2D eigenvalue weighted by Crippen LogP contribution is 2.20. The van der Waals surface area contributed by atoms with Crippen LogP contribution in [-0.2, 0) is 6.42 Å². The molecule has 1 fully saturated rings. The first-order chi connectivity index (χ1) is 13.1. The molecule has 7 heteroatoms. The van der Waals surface area contributed by atoms with E-state index in [1.807, 2.05) is 27.0 Å². The topological polar surface area (TPSA) is 86.8 Å². The third-order valence-corrected chi connectivity index (χ3v) is 5.20. The average Bonchev–Trinajstić information content (AvgIpc) is 3.10. The number of aromatic nitrogens is 4. The average molecular weight is 371 g/mol. The fourth-order valence-electron chi connectivity index (χ4n) is 3.50. The minimum atomic E-state index is -0.189. The van der Waals surface area contributed by atoms with Gasteiger partial charge in [0.2, 0.25) is 5.95 Å². The lowest BCUT2D eigenvalue weighted by atomic mass is 10.1. The molecule has 0 aliphatic carbocycles. The first-order valence-corrected chi connectivity index (χ1v) is 10.0. The fourth-order valence-corrected chi connectivity index (χ4v) is 3.50. The Labute approximate surface area is 161 Å². The van der Waals surface area contributed by atoms with E-state index in [0.717, 1.165) is 42.4 Å². The molecular formula is C20H30N6O.